The number of halogens is 4. The van der Waals surface area contributed by atoms with E-state index in [1.54, 1.807) is 0 Å². The number of alkyl halides is 3. The number of nitrogens with one attached hydrogen (secondary N) is 3. The Morgan fingerprint density at radius 2 is 1.89 bits per heavy atom. The van der Waals surface area contributed by atoms with Crippen LogP contribution in [0.15, 0.2) is 18.2 Å². The summed E-state index contributed by atoms with van der Waals surface area (Å²) in [6.07, 6.45) is -1.56. The van der Waals surface area contributed by atoms with Crippen molar-refractivity contribution in [2.75, 3.05) is 18.4 Å². The average Bonchev–Trinajstić information content (AvgIpc) is 3.15. The van der Waals surface area contributed by atoms with Crippen LogP contribution >= 0.6 is 11.6 Å². The molecule has 8 nitrogen and oxygen atoms in total. The first-order chi connectivity index (χ1) is 17.7. The van der Waals surface area contributed by atoms with E-state index in [1.807, 2.05) is 4.90 Å². The third kappa shape index (κ3) is 6.66. The fraction of sp³-hybridized carbons (Fsp3) is 0.615. The number of fused-ring (bicyclic) bond motifs is 1. The maximum Gasteiger partial charge on any atom is 0.416 e. The van der Waals surface area contributed by atoms with Gasteiger partial charge in [0.05, 0.1) is 29.1 Å². The van der Waals surface area contributed by atoms with Crippen molar-refractivity contribution in [1.82, 2.24) is 25.5 Å². The third-order valence-electron chi connectivity index (χ3n) is 7.10. The van der Waals surface area contributed by atoms with Crippen LogP contribution in [0.2, 0.25) is 5.28 Å². The van der Waals surface area contributed by atoms with Crippen molar-refractivity contribution in [3.63, 3.8) is 0 Å². The highest BCUT2D eigenvalue weighted by atomic mass is 35.5. The van der Waals surface area contributed by atoms with Gasteiger partial charge >= 0.3 is 6.18 Å². The van der Waals surface area contributed by atoms with E-state index in [2.05, 4.69) is 46.7 Å². The van der Waals surface area contributed by atoms with Crippen molar-refractivity contribution in [2.24, 2.45) is 5.92 Å². The first-order valence-corrected chi connectivity index (χ1v) is 13.2. The fourth-order valence-electron chi connectivity index (χ4n) is 5.60. The van der Waals surface area contributed by atoms with E-state index in [1.165, 1.54) is 13.0 Å². The molecule has 12 heteroatoms. The second-order valence-corrected chi connectivity index (χ2v) is 11.6. The Hall–Kier alpha value is -2.66. The Balaban J connectivity index is 1.47. The quantitative estimate of drug-likeness (QED) is 0.459. The number of carbonyl (C=O) groups is 2. The SMILES string of the molecule is CC(=O)N[C@@H]1C[C@H](NC(C)(C)C)CC[C@@H]1N1CC[C@H](CNc2nc(Cl)nc3ccc(C(F)(F)F)cc23)C1=O. The summed E-state index contributed by atoms with van der Waals surface area (Å²) in [6, 6.07) is 3.15. The molecule has 4 atom stereocenters. The highest BCUT2D eigenvalue weighted by molar-refractivity contribution is 6.28. The van der Waals surface area contributed by atoms with Crippen LogP contribution in [0, 0.1) is 5.92 Å². The van der Waals surface area contributed by atoms with Crippen molar-refractivity contribution < 1.29 is 22.8 Å². The van der Waals surface area contributed by atoms with Gasteiger partial charge in [0.2, 0.25) is 17.1 Å². The zero-order valence-corrected chi connectivity index (χ0v) is 22.7. The maximum atomic E-state index is 13.4. The third-order valence-corrected chi connectivity index (χ3v) is 7.27. The maximum absolute atomic E-state index is 13.4. The molecule has 1 aliphatic heterocycles. The Morgan fingerprint density at radius 3 is 2.55 bits per heavy atom. The minimum absolute atomic E-state index is 0.0412. The van der Waals surface area contributed by atoms with E-state index in [0.717, 1.165) is 31.4 Å². The molecule has 1 saturated carbocycles. The first-order valence-electron chi connectivity index (χ1n) is 12.8. The molecule has 4 rings (SSSR count). The van der Waals surface area contributed by atoms with E-state index in [4.69, 9.17) is 11.6 Å². The van der Waals surface area contributed by atoms with Crippen LogP contribution in [0.1, 0.15) is 58.9 Å². The molecule has 2 aromatic rings. The summed E-state index contributed by atoms with van der Waals surface area (Å²) in [4.78, 5) is 35.4. The van der Waals surface area contributed by atoms with Gasteiger partial charge in [-0.2, -0.15) is 13.2 Å². The fourth-order valence-corrected chi connectivity index (χ4v) is 5.78. The van der Waals surface area contributed by atoms with E-state index in [0.29, 0.717) is 13.0 Å². The molecule has 1 aliphatic carbocycles. The molecule has 208 valence electrons. The zero-order valence-electron chi connectivity index (χ0n) is 22.0. The number of nitrogens with zero attached hydrogens (tertiary/aromatic N) is 3. The first kappa shape index (κ1) is 28.4. The summed E-state index contributed by atoms with van der Waals surface area (Å²) in [5.74, 6) is -0.400. The molecular weight excluding hydrogens is 521 g/mol. The summed E-state index contributed by atoms with van der Waals surface area (Å²) in [5, 5.41) is 9.79. The molecule has 0 unspecified atom stereocenters. The molecule has 0 radical (unpaired) electrons. The predicted octanol–water partition coefficient (Wildman–Crippen LogP) is 4.38. The molecule has 2 fully saturated rings. The topological polar surface area (TPSA) is 99.2 Å². The van der Waals surface area contributed by atoms with Crippen LogP contribution < -0.4 is 16.0 Å². The van der Waals surface area contributed by atoms with E-state index in [9.17, 15) is 22.8 Å². The molecule has 2 amide bonds. The van der Waals surface area contributed by atoms with Gasteiger partial charge in [-0.25, -0.2) is 9.97 Å². The van der Waals surface area contributed by atoms with Crippen LogP contribution in [0.3, 0.4) is 0 Å². The molecule has 0 bridgehead atoms. The number of hydrogen-bond acceptors (Lipinski definition) is 6. The summed E-state index contributed by atoms with van der Waals surface area (Å²) >= 11 is 6.01. The normalized spacial score (nSPS) is 24.6. The highest BCUT2D eigenvalue weighted by Crippen LogP contribution is 2.34. The molecular formula is C26H34ClF3N6O2. The molecule has 0 spiro atoms. The van der Waals surface area contributed by atoms with E-state index in [-0.39, 0.29) is 69.9 Å². The second-order valence-electron chi connectivity index (χ2n) is 11.2. The number of benzene rings is 1. The smallest absolute Gasteiger partial charge is 0.369 e. The van der Waals surface area contributed by atoms with Crippen LogP contribution in [0.5, 0.6) is 0 Å². The summed E-state index contributed by atoms with van der Waals surface area (Å²) in [5.41, 5.74) is -0.603. The summed E-state index contributed by atoms with van der Waals surface area (Å²) in [6.45, 7) is 8.54. The van der Waals surface area contributed by atoms with Gasteiger partial charge in [0.1, 0.15) is 5.82 Å². The van der Waals surface area contributed by atoms with Crippen molar-refractivity contribution in [1.29, 1.82) is 0 Å². The number of anilines is 1. The standard InChI is InChI=1S/C26H34ClF3N6O2/c1-14(37)32-20-12-17(35-25(2,3)4)6-8-21(20)36-10-9-15(23(36)38)13-31-22-18-11-16(26(28,29)30)5-7-19(18)33-24(27)34-22/h5,7,11,15,17,20-21,35H,6,8-10,12-13H2,1-4H3,(H,32,37)(H,31,33,34)/t15-,17-,20-,21+/m1/s1. The molecule has 1 aromatic carbocycles. The molecule has 1 aromatic heterocycles. The highest BCUT2D eigenvalue weighted by Gasteiger charge is 2.42. The minimum Gasteiger partial charge on any atom is -0.369 e. The van der Waals surface area contributed by atoms with Crippen molar-refractivity contribution >= 4 is 40.1 Å². The summed E-state index contributed by atoms with van der Waals surface area (Å²) < 4.78 is 39.8. The van der Waals surface area contributed by atoms with Gasteiger partial charge in [-0.05, 0) is 76.3 Å². The second kappa shape index (κ2) is 10.8. The van der Waals surface area contributed by atoms with Crippen LogP contribution in [0.25, 0.3) is 10.9 Å². The molecule has 38 heavy (non-hydrogen) atoms. The molecule has 2 aliphatic rings. The lowest BCUT2D eigenvalue weighted by Gasteiger charge is -2.43. The lowest BCUT2D eigenvalue weighted by molar-refractivity contribution is -0.137. The van der Waals surface area contributed by atoms with Crippen molar-refractivity contribution in [2.45, 2.75) is 83.2 Å². The number of aromatic nitrogens is 2. The Kier molecular flexibility index (Phi) is 8.09. The van der Waals surface area contributed by atoms with E-state index >= 15 is 0 Å². The van der Waals surface area contributed by atoms with Gasteiger partial charge in [0.15, 0.2) is 0 Å². The zero-order chi connectivity index (χ0) is 27.8. The average molecular weight is 555 g/mol. The Morgan fingerprint density at radius 1 is 1.16 bits per heavy atom. The van der Waals surface area contributed by atoms with Gasteiger partial charge in [0.25, 0.3) is 0 Å². The van der Waals surface area contributed by atoms with E-state index < -0.39 is 11.7 Å². The monoisotopic (exact) mass is 554 g/mol. The minimum atomic E-state index is -4.52. The van der Waals surface area contributed by atoms with Crippen molar-refractivity contribution in [3.05, 3.63) is 29.0 Å². The lowest BCUT2D eigenvalue weighted by Crippen LogP contribution is -2.59. The van der Waals surface area contributed by atoms with Gasteiger partial charge in [-0.1, -0.05) is 0 Å². The van der Waals surface area contributed by atoms with Crippen LogP contribution in [-0.2, 0) is 15.8 Å². The van der Waals surface area contributed by atoms with Gasteiger partial charge < -0.3 is 20.9 Å². The molecule has 2 heterocycles. The Labute approximate surface area is 225 Å². The largest absolute Gasteiger partial charge is 0.416 e. The van der Waals surface area contributed by atoms with Gasteiger partial charge in [-0.3, -0.25) is 9.59 Å². The Bertz CT molecular complexity index is 1200. The number of amides is 2. The van der Waals surface area contributed by atoms with Crippen LogP contribution in [-0.4, -0.2) is 63.4 Å². The molecule has 3 N–H and O–H groups in total. The number of likely N-dealkylation sites (tertiary alicyclic amines) is 1. The number of carbonyl (C=O) groups excluding carboxylic acids is 2. The number of hydrogen-bond donors (Lipinski definition) is 3. The number of rotatable bonds is 6. The summed E-state index contributed by atoms with van der Waals surface area (Å²) in [7, 11) is 0. The lowest BCUT2D eigenvalue weighted by atomic mass is 9.84. The van der Waals surface area contributed by atoms with Gasteiger partial charge in [0, 0.05) is 37.0 Å². The van der Waals surface area contributed by atoms with Crippen LogP contribution in [0.4, 0.5) is 19.0 Å². The molecule has 1 saturated heterocycles. The predicted molar refractivity (Wildman–Crippen MR) is 140 cm³/mol. The van der Waals surface area contributed by atoms with Gasteiger partial charge in [-0.15, -0.1) is 0 Å². The van der Waals surface area contributed by atoms with Crippen molar-refractivity contribution in [3.8, 4) is 0 Å².